The molecule has 0 aromatic heterocycles. The van der Waals surface area contributed by atoms with E-state index in [1.165, 1.54) is 11.1 Å². The third kappa shape index (κ3) is 5.42. The summed E-state index contributed by atoms with van der Waals surface area (Å²) in [7, 11) is 0. The Morgan fingerprint density at radius 3 is 2.00 bits per heavy atom. The van der Waals surface area contributed by atoms with Crippen molar-refractivity contribution in [2.24, 2.45) is 0 Å². The van der Waals surface area contributed by atoms with E-state index >= 15 is 0 Å². The lowest BCUT2D eigenvalue weighted by Gasteiger charge is -2.15. The van der Waals surface area contributed by atoms with Crippen molar-refractivity contribution in [2.45, 2.75) is 25.9 Å². The highest BCUT2D eigenvalue weighted by molar-refractivity contribution is 6.21. The zero-order valence-electron chi connectivity index (χ0n) is 21.0. The molecule has 0 radical (unpaired) electrons. The molecule has 38 heavy (non-hydrogen) atoms. The minimum Gasteiger partial charge on any atom is -0.334 e. The summed E-state index contributed by atoms with van der Waals surface area (Å²) in [5.74, 6) is -0.297. The van der Waals surface area contributed by atoms with Gasteiger partial charge in [0.1, 0.15) is 6.04 Å². The lowest BCUT2D eigenvalue weighted by Crippen LogP contribution is -2.31. The molecule has 0 spiro atoms. The molecule has 1 atom stereocenters. The first-order valence-electron chi connectivity index (χ1n) is 12.6. The summed E-state index contributed by atoms with van der Waals surface area (Å²) in [6, 6.07) is 32.1. The normalized spacial score (nSPS) is 14.8. The number of nitrogens with one attached hydrogen (secondary N) is 3. The lowest BCUT2D eigenvalue weighted by molar-refractivity contribution is -0.118. The van der Waals surface area contributed by atoms with E-state index in [-0.39, 0.29) is 11.9 Å². The van der Waals surface area contributed by atoms with E-state index in [0.29, 0.717) is 24.3 Å². The highest BCUT2D eigenvalue weighted by atomic mass is 16.2. The van der Waals surface area contributed by atoms with E-state index < -0.39 is 12.1 Å². The van der Waals surface area contributed by atoms with Gasteiger partial charge in [-0.25, -0.2) is 14.5 Å². The van der Waals surface area contributed by atoms with Crippen molar-refractivity contribution in [3.05, 3.63) is 109 Å². The van der Waals surface area contributed by atoms with Crippen LogP contribution in [-0.4, -0.2) is 24.0 Å². The minimum atomic E-state index is -0.526. The summed E-state index contributed by atoms with van der Waals surface area (Å²) in [4.78, 5) is 38.3. The molecule has 4 aromatic rings. The van der Waals surface area contributed by atoms with Crippen molar-refractivity contribution in [3.63, 3.8) is 0 Å². The van der Waals surface area contributed by atoms with Gasteiger partial charge >= 0.3 is 12.1 Å². The third-order valence-electron chi connectivity index (χ3n) is 6.52. The van der Waals surface area contributed by atoms with Crippen LogP contribution in [0.3, 0.4) is 0 Å². The van der Waals surface area contributed by atoms with Gasteiger partial charge in [0.15, 0.2) is 0 Å². The summed E-state index contributed by atoms with van der Waals surface area (Å²) >= 11 is 0. The summed E-state index contributed by atoms with van der Waals surface area (Å²) in [5.41, 5.74) is 6.43. The highest BCUT2D eigenvalue weighted by Gasteiger charge is 2.37. The molecule has 0 bridgehead atoms. The first-order valence-corrected chi connectivity index (χ1v) is 12.6. The van der Waals surface area contributed by atoms with Gasteiger partial charge in [-0.2, -0.15) is 0 Å². The van der Waals surface area contributed by atoms with Crippen molar-refractivity contribution in [2.75, 3.05) is 10.2 Å². The summed E-state index contributed by atoms with van der Waals surface area (Å²) in [6.07, 6.45) is 0.517. The third-order valence-corrected chi connectivity index (χ3v) is 6.52. The van der Waals surface area contributed by atoms with Gasteiger partial charge in [0, 0.05) is 12.2 Å². The Labute approximate surface area is 221 Å². The van der Waals surface area contributed by atoms with Crippen LogP contribution < -0.4 is 20.9 Å². The van der Waals surface area contributed by atoms with Gasteiger partial charge in [0.25, 0.3) is 5.91 Å². The monoisotopic (exact) mass is 504 g/mol. The Balaban J connectivity index is 1.17. The van der Waals surface area contributed by atoms with E-state index in [1.807, 2.05) is 49.4 Å². The van der Waals surface area contributed by atoms with Gasteiger partial charge in [-0.15, -0.1) is 0 Å². The maximum atomic E-state index is 12.5. The molecule has 1 heterocycles. The molecule has 1 saturated heterocycles. The zero-order valence-corrected chi connectivity index (χ0v) is 21.0. The van der Waals surface area contributed by atoms with Crippen molar-refractivity contribution in [1.82, 2.24) is 10.6 Å². The molecule has 0 aliphatic carbocycles. The molecule has 1 unspecified atom stereocenters. The number of carbonyl (C=O) groups excluding carboxylic acids is 3. The second-order valence-corrected chi connectivity index (χ2v) is 9.08. The van der Waals surface area contributed by atoms with Gasteiger partial charge in [-0.1, -0.05) is 91.9 Å². The molecule has 1 fully saturated rings. The fourth-order valence-corrected chi connectivity index (χ4v) is 4.43. The Morgan fingerprint density at radius 2 is 1.39 bits per heavy atom. The number of hydrogen-bond donors (Lipinski definition) is 3. The zero-order chi connectivity index (χ0) is 26.5. The molecular formula is C31H28N4O3. The molecule has 3 N–H and O–H groups in total. The predicted molar refractivity (Wildman–Crippen MR) is 150 cm³/mol. The van der Waals surface area contributed by atoms with E-state index in [4.69, 9.17) is 0 Å². The van der Waals surface area contributed by atoms with Crippen LogP contribution in [0, 0.1) is 0 Å². The van der Waals surface area contributed by atoms with Crippen LogP contribution in [-0.2, 0) is 11.3 Å². The van der Waals surface area contributed by atoms with Crippen LogP contribution in [0.25, 0.3) is 22.3 Å². The maximum absolute atomic E-state index is 12.5. The van der Waals surface area contributed by atoms with Crippen LogP contribution in [0.15, 0.2) is 103 Å². The molecular weight excluding hydrogens is 476 g/mol. The van der Waals surface area contributed by atoms with E-state index in [9.17, 15) is 14.4 Å². The first-order chi connectivity index (χ1) is 18.5. The molecule has 1 aliphatic rings. The number of rotatable bonds is 7. The number of urea groups is 2. The average Bonchev–Trinajstić information content (AvgIpc) is 3.25. The van der Waals surface area contributed by atoms with Gasteiger partial charge in [-0.05, 0) is 52.4 Å². The summed E-state index contributed by atoms with van der Waals surface area (Å²) in [6.45, 7) is 2.19. The first kappa shape index (κ1) is 24.8. The Hall–Kier alpha value is -4.91. The lowest BCUT2D eigenvalue weighted by atomic mass is 10.00. The fraction of sp³-hybridized carbons (Fsp3) is 0.129. The number of benzene rings is 4. The molecule has 0 saturated carbocycles. The molecule has 7 nitrogen and oxygen atoms in total. The van der Waals surface area contributed by atoms with Crippen LogP contribution in [0.2, 0.25) is 0 Å². The van der Waals surface area contributed by atoms with Crippen LogP contribution in [0.1, 0.15) is 18.9 Å². The number of amides is 5. The maximum Gasteiger partial charge on any atom is 0.329 e. The van der Waals surface area contributed by atoms with Gasteiger partial charge in [0.05, 0.1) is 5.69 Å². The van der Waals surface area contributed by atoms with Gasteiger partial charge < -0.3 is 16.0 Å². The van der Waals surface area contributed by atoms with Crippen LogP contribution >= 0.6 is 0 Å². The summed E-state index contributed by atoms with van der Waals surface area (Å²) < 4.78 is 0. The number of hydrogen-bond acceptors (Lipinski definition) is 3. The smallest absolute Gasteiger partial charge is 0.329 e. The van der Waals surface area contributed by atoms with Crippen molar-refractivity contribution in [3.8, 4) is 22.3 Å². The van der Waals surface area contributed by atoms with E-state index in [1.54, 1.807) is 24.3 Å². The second kappa shape index (κ2) is 11.0. The quantitative estimate of drug-likeness (QED) is 0.263. The topological polar surface area (TPSA) is 90.5 Å². The van der Waals surface area contributed by atoms with E-state index in [2.05, 4.69) is 52.3 Å². The molecule has 7 heteroatoms. The number of anilines is 2. The number of nitrogens with zero attached hydrogens (tertiary/aromatic N) is 1. The Kier molecular flexibility index (Phi) is 7.17. The molecule has 5 rings (SSSR count). The molecule has 190 valence electrons. The Bertz CT molecular complexity index is 1450. The SMILES string of the molecule is CCC1NC(=O)N(c2cccc(NC(=O)NCc3ccc(-c4ccc(-c5ccccc5)cc4)cc3)c2)C1=O. The van der Waals surface area contributed by atoms with Crippen LogP contribution in [0.5, 0.6) is 0 Å². The number of carbonyl (C=O) groups is 3. The fourth-order valence-electron chi connectivity index (χ4n) is 4.43. The molecule has 1 aliphatic heterocycles. The van der Waals surface area contributed by atoms with Crippen molar-refractivity contribution in [1.29, 1.82) is 0 Å². The Morgan fingerprint density at radius 1 is 0.789 bits per heavy atom. The van der Waals surface area contributed by atoms with Gasteiger partial charge in [0.2, 0.25) is 0 Å². The minimum absolute atomic E-state index is 0.297. The van der Waals surface area contributed by atoms with Gasteiger partial charge in [-0.3, -0.25) is 4.79 Å². The van der Waals surface area contributed by atoms with Crippen LogP contribution in [0.4, 0.5) is 21.0 Å². The summed E-state index contributed by atoms with van der Waals surface area (Å²) in [5, 5.41) is 8.27. The largest absolute Gasteiger partial charge is 0.334 e. The average molecular weight is 505 g/mol. The van der Waals surface area contributed by atoms with Crippen molar-refractivity contribution >= 4 is 29.3 Å². The van der Waals surface area contributed by atoms with Crippen molar-refractivity contribution < 1.29 is 14.4 Å². The molecule has 4 aromatic carbocycles. The number of imide groups is 1. The highest BCUT2D eigenvalue weighted by Crippen LogP contribution is 2.26. The standard InChI is InChI=1S/C31H28N4O3/c1-2-28-29(36)35(31(38)34-28)27-10-6-9-26(19-27)33-30(37)32-20-21-11-13-23(14-12-21)25-17-15-24(16-18-25)22-7-4-3-5-8-22/h3-19,28H,2,20H2,1H3,(H,34,38)(H2,32,33,37). The second-order valence-electron chi connectivity index (χ2n) is 9.08. The van der Waals surface area contributed by atoms with E-state index in [0.717, 1.165) is 21.6 Å². The predicted octanol–water partition coefficient (Wildman–Crippen LogP) is 6.18. The molecule has 5 amide bonds.